The zero-order valence-electron chi connectivity index (χ0n) is 25.9. The van der Waals surface area contributed by atoms with E-state index in [0.29, 0.717) is 12.2 Å². The van der Waals surface area contributed by atoms with Gasteiger partial charge in [0.1, 0.15) is 0 Å². The molecule has 0 spiro atoms. The maximum absolute atomic E-state index is 13.1. The Bertz CT molecular complexity index is 1610. The number of alkyl halides is 3. The van der Waals surface area contributed by atoms with E-state index in [2.05, 4.69) is 65.2 Å². The zero-order valence-corrected chi connectivity index (χ0v) is 28.3. The number of hydrogen-bond donors (Lipinski definition) is 0. The molecule has 4 aromatic carbocycles. The summed E-state index contributed by atoms with van der Waals surface area (Å²) in [4.78, 5) is 13.3. The summed E-state index contributed by atoms with van der Waals surface area (Å²) in [6.07, 6.45) is -2.33. The molecule has 0 radical (unpaired) electrons. The topological polar surface area (TPSA) is 13.0 Å². The molecule has 0 amide bonds. The van der Waals surface area contributed by atoms with E-state index in [9.17, 15) is 13.2 Å². The molecular weight excluding hydrogens is 633 g/mol. The van der Waals surface area contributed by atoms with Crippen molar-refractivity contribution in [3.63, 3.8) is 0 Å². The highest BCUT2D eigenvalue weighted by Gasteiger charge is 2.33. The summed E-state index contributed by atoms with van der Waals surface area (Å²) in [6, 6.07) is 26.7. The lowest BCUT2D eigenvalue weighted by Crippen LogP contribution is -2.25. The second-order valence-electron chi connectivity index (χ2n) is 11.5. The number of anilines is 4. The van der Waals surface area contributed by atoms with E-state index in [1.54, 1.807) is 6.07 Å². The van der Waals surface area contributed by atoms with Crippen LogP contribution in [0.4, 0.5) is 35.9 Å². The van der Waals surface area contributed by atoms with Gasteiger partial charge in [0.2, 0.25) is 0 Å². The van der Waals surface area contributed by atoms with Crippen molar-refractivity contribution in [3.8, 4) is 0 Å². The third-order valence-electron chi connectivity index (χ3n) is 7.51. The Kier molecular flexibility index (Phi) is 11.0. The number of hydrogen-bond acceptors (Lipinski definition) is 6. The Hall–Kier alpha value is -2.82. The van der Waals surface area contributed by atoms with Gasteiger partial charge in [-0.15, -0.1) is 0 Å². The molecule has 0 aliphatic carbocycles. The SMILES string of the molecule is CN(C)CCCN1c2ccccc2Sc2ccc(C(F)(F)F)cc21.CN(C)CCCN1c2ccccc2Sc2ccc(Cl)cc21. The largest absolute Gasteiger partial charge is 0.416 e. The summed E-state index contributed by atoms with van der Waals surface area (Å²) < 4.78 is 39.3. The first-order valence-electron chi connectivity index (χ1n) is 14.9. The fourth-order valence-electron chi connectivity index (χ4n) is 5.38. The van der Waals surface area contributed by atoms with E-state index < -0.39 is 11.7 Å². The summed E-state index contributed by atoms with van der Waals surface area (Å²) in [6.45, 7) is 3.66. The lowest BCUT2D eigenvalue weighted by Gasteiger charge is -2.33. The first-order valence-corrected chi connectivity index (χ1v) is 16.9. The highest BCUT2D eigenvalue weighted by Crippen LogP contribution is 2.50. The molecule has 0 fully saturated rings. The van der Waals surface area contributed by atoms with Gasteiger partial charge < -0.3 is 19.6 Å². The van der Waals surface area contributed by atoms with Crippen LogP contribution < -0.4 is 9.80 Å². The van der Waals surface area contributed by atoms with Gasteiger partial charge in [-0.3, -0.25) is 0 Å². The van der Waals surface area contributed by atoms with Crippen molar-refractivity contribution in [2.75, 3.05) is 64.2 Å². The van der Waals surface area contributed by atoms with Crippen molar-refractivity contribution in [1.29, 1.82) is 0 Å². The number of benzene rings is 4. The Morgan fingerprint density at radius 1 is 0.600 bits per heavy atom. The minimum atomic E-state index is -4.33. The van der Waals surface area contributed by atoms with Crippen LogP contribution in [-0.2, 0) is 6.18 Å². The van der Waals surface area contributed by atoms with Gasteiger partial charge in [-0.05, 0) is 115 Å². The van der Waals surface area contributed by atoms with E-state index >= 15 is 0 Å². The number of rotatable bonds is 8. The molecule has 0 N–H and O–H groups in total. The van der Waals surface area contributed by atoms with E-state index in [1.165, 1.54) is 39.0 Å². The zero-order chi connectivity index (χ0) is 32.1. The standard InChI is InChI=1S/C18H19F3N2S.C17H19ClN2S/c1-22(2)10-5-11-23-14-6-3-4-7-16(14)24-17-9-8-13(12-15(17)23)18(19,20)21;1-19(2)10-5-11-20-14-6-3-4-7-16(14)21-17-9-8-13(18)12-15(17)20/h3-4,6-9,12H,5,10-11H2,1-2H3;3-4,6-9,12H,5,10-11H2,1-2H3. The third-order valence-corrected chi connectivity index (χ3v) is 10.0. The first kappa shape index (κ1) is 33.5. The number of fused-ring (bicyclic) bond motifs is 4. The number of para-hydroxylation sites is 2. The predicted molar refractivity (Wildman–Crippen MR) is 184 cm³/mol. The fraction of sp³-hybridized carbons (Fsp3) is 0.314. The van der Waals surface area contributed by atoms with Crippen LogP contribution in [-0.4, -0.2) is 64.2 Å². The third kappa shape index (κ3) is 8.32. The Morgan fingerprint density at radius 2 is 1.04 bits per heavy atom. The van der Waals surface area contributed by atoms with Crippen LogP contribution in [0.3, 0.4) is 0 Å². The number of halogens is 4. The van der Waals surface area contributed by atoms with Crippen molar-refractivity contribution < 1.29 is 13.2 Å². The van der Waals surface area contributed by atoms with Gasteiger partial charge in [0.15, 0.2) is 0 Å². The maximum atomic E-state index is 13.1. The molecule has 0 atom stereocenters. The van der Waals surface area contributed by atoms with Gasteiger partial charge in [-0.25, -0.2) is 0 Å². The molecule has 0 unspecified atom stereocenters. The van der Waals surface area contributed by atoms with Crippen molar-refractivity contribution in [1.82, 2.24) is 9.80 Å². The molecule has 0 saturated carbocycles. The molecule has 2 aliphatic rings. The first-order chi connectivity index (χ1) is 21.5. The van der Waals surface area contributed by atoms with Gasteiger partial charge >= 0.3 is 6.18 Å². The Balaban J connectivity index is 0.000000179. The monoisotopic (exact) mass is 670 g/mol. The van der Waals surface area contributed by atoms with Crippen LogP contribution in [0.15, 0.2) is 105 Å². The minimum Gasteiger partial charge on any atom is -0.340 e. The lowest BCUT2D eigenvalue weighted by atomic mass is 10.1. The summed E-state index contributed by atoms with van der Waals surface area (Å²) in [7, 11) is 8.22. The molecule has 4 aromatic rings. The molecular formula is C35H38ClF3N4S2. The van der Waals surface area contributed by atoms with Gasteiger partial charge in [-0.1, -0.05) is 59.4 Å². The lowest BCUT2D eigenvalue weighted by molar-refractivity contribution is -0.137. The Labute approximate surface area is 278 Å². The molecule has 2 heterocycles. The quantitative estimate of drug-likeness (QED) is 0.184. The van der Waals surface area contributed by atoms with Crippen molar-refractivity contribution in [3.05, 3.63) is 95.5 Å². The van der Waals surface area contributed by atoms with Gasteiger partial charge in [0, 0.05) is 37.7 Å². The van der Waals surface area contributed by atoms with Crippen LogP contribution in [0.25, 0.3) is 0 Å². The normalized spacial score (nSPS) is 13.6. The highest BCUT2D eigenvalue weighted by molar-refractivity contribution is 8.00. The molecule has 10 heteroatoms. The molecule has 2 aliphatic heterocycles. The van der Waals surface area contributed by atoms with Gasteiger partial charge in [-0.2, -0.15) is 13.2 Å². The van der Waals surface area contributed by atoms with Crippen molar-refractivity contribution in [2.45, 2.75) is 38.6 Å². The van der Waals surface area contributed by atoms with Crippen LogP contribution in [0.2, 0.25) is 5.02 Å². The smallest absolute Gasteiger partial charge is 0.340 e. The van der Waals surface area contributed by atoms with Crippen LogP contribution in [0.1, 0.15) is 18.4 Å². The Morgan fingerprint density at radius 3 is 1.53 bits per heavy atom. The van der Waals surface area contributed by atoms with E-state index in [1.807, 2.05) is 61.1 Å². The molecule has 0 saturated heterocycles. The van der Waals surface area contributed by atoms with Crippen LogP contribution >= 0.6 is 35.1 Å². The number of nitrogens with zero attached hydrogens (tertiary/aromatic N) is 4. The molecule has 0 aromatic heterocycles. The summed E-state index contributed by atoms with van der Waals surface area (Å²) in [5.41, 5.74) is 3.54. The summed E-state index contributed by atoms with van der Waals surface area (Å²) in [5, 5.41) is 0.798. The highest BCUT2D eigenvalue weighted by atomic mass is 35.5. The van der Waals surface area contributed by atoms with E-state index in [0.717, 1.165) is 59.0 Å². The van der Waals surface area contributed by atoms with E-state index in [4.69, 9.17) is 11.6 Å². The van der Waals surface area contributed by atoms with Crippen LogP contribution in [0, 0.1) is 0 Å². The van der Waals surface area contributed by atoms with E-state index in [-0.39, 0.29) is 0 Å². The summed E-state index contributed by atoms with van der Waals surface area (Å²) >= 11 is 9.56. The molecule has 45 heavy (non-hydrogen) atoms. The molecule has 4 nitrogen and oxygen atoms in total. The average molecular weight is 671 g/mol. The van der Waals surface area contributed by atoms with Crippen LogP contribution in [0.5, 0.6) is 0 Å². The van der Waals surface area contributed by atoms with Crippen molar-refractivity contribution in [2.24, 2.45) is 0 Å². The van der Waals surface area contributed by atoms with Gasteiger partial charge in [0.05, 0.1) is 28.3 Å². The predicted octanol–water partition coefficient (Wildman–Crippen LogP) is 10.2. The second-order valence-corrected chi connectivity index (χ2v) is 14.2. The maximum Gasteiger partial charge on any atom is 0.416 e. The van der Waals surface area contributed by atoms with Gasteiger partial charge in [0.25, 0.3) is 0 Å². The van der Waals surface area contributed by atoms with Crippen molar-refractivity contribution >= 4 is 57.9 Å². The molecule has 238 valence electrons. The second kappa shape index (κ2) is 14.7. The minimum absolute atomic E-state index is 0.598. The average Bonchev–Trinajstić information content (AvgIpc) is 3.00. The molecule has 0 bridgehead atoms. The molecule has 6 rings (SSSR count). The fourth-order valence-corrected chi connectivity index (χ4v) is 7.70. The summed E-state index contributed by atoms with van der Waals surface area (Å²) in [5.74, 6) is 0.